The van der Waals surface area contributed by atoms with Crippen LogP contribution in [0.15, 0.2) is 29.2 Å². The molecule has 0 saturated heterocycles. The molecule has 0 radical (unpaired) electrons. The molecule has 1 aromatic rings. The van der Waals surface area contributed by atoms with Crippen molar-refractivity contribution in [3.8, 4) is 0 Å². The molecular weight excluding hydrogens is 368 g/mol. The van der Waals surface area contributed by atoms with Gasteiger partial charge >= 0.3 is 0 Å². The average Bonchev–Trinajstić information content (AvgIpc) is 2.54. The van der Waals surface area contributed by atoms with Crippen molar-refractivity contribution in [1.29, 1.82) is 0 Å². The third-order valence-corrected chi connectivity index (χ3v) is 5.49. The zero-order valence-electron chi connectivity index (χ0n) is 14.3. The van der Waals surface area contributed by atoms with E-state index in [9.17, 15) is 17.4 Å². The van der Waals surface area contributed by atoms with Crippen LogP contribution >= 0.6 is 0 Å². The minimum Gasteiger partial charge on any atom is -0.382 e. The molecule has 0 aromatic heterocycles. The van der Waals surface area contributed by atoms with Gasteiger partial charge in [0.2, 0.25) is 15.9 Å². The Morgan fingerprint density at radius 2 is 2.00 bits per heavy atom. The van der Waals surface area contributed by atoms with Crippen LogP contribution in [0, 0.1) is 0 Å². The predicted octanol–water partition coefficient (Wildman–Crippen LogP) is 0.335. The number of sulfonamides is 1. The number of nitrogens with one attached hydrogen (secondary N) is 2. The van der Waals surface area contributed by atoms with Gasteiger partial charge in [-0.3, -0.25) is 13.7 Å². The van der Waals surface area contributed by atoms with E-state index in [1.165, 1.54) is 13.2 Å². The van der Waals surface area contributed by atoms with E-state index >= 15 is 0 Å². The lowest BCUT2D eigenvalue weighted by molar-refractivity contribution is -0.118. The zero-order chi connectivity index (χ0) is 18.7. The van der Waals surface area contributed by atoms with Crippen molar-refractivity contribution in [2.75, 3.05) is 49.7 Å². The second-order valence-electron chi connectivity index (χ2n) is 5.00. The molecule has 0 fully saturated rings. The maximum Gasteiger partial charge on any atom is 0.235 e. The number of amides is 1. The van der Waals surface area contributed by atoms with Gasteiger partial charge in [0.25, 0.3) is 0 Å². The van der Waals surface area contributed by atoms with Crippen molar-refractivity contribution in [1.82, 2.24) is 5.32 Å². The van der Waals surface area contributed by atoms with Crippen molar-refractivity contribution in [2.24, 2.45) is 0 Å². The standard InChI is InChI=1S/C15H24N2O6S2/c1-3-16-15(18)12-24(19)14-6-4-5-13(11-14)17-25(20,21)10-9-23-8-7-22-2/h4-6,11,17H,3,7-10,12H2,1-2H3,(H,16,18). The van der Waals surface area contributed by atoms with Gasteiger partial charge in [-0.1, -0.05) is 6.07 Å². The van der Waals surface area contributed by atoms with Gasteiger partial charge in [-0.25, -0.2) is 8.42 Å². The molecule has 1 atom stereocenters. The third-order valence-electron chi connectivity index (χ3n) is 2.93. The third kappa shape index (κ3) is 8.96. The summed E-state index contributed by atoms with van der Waals surface area (Å²) >= 11 is 0. The highest BCUT2D eigenvalue weighted by atomic mass is 32.2. The molecule has 0 aliphatic rings. The van der Waals surface area contributed by atoms with Crippen LogP contribution in [0.5, 0.6) is 0 Å². The van der Waals surface area contributed by atoms with Crippen LogP contribution in [0.4, 0.5) is 5.69 Å². The molecule has 1 rings (SSSR count). The fourth-order valence-electron chi connectivity index (χ4n) is 1.80. The van der Waals surface area contributed by atoms with Crippen LogP contribution in [0.1, 0.15) is 6.92 Å². The van der Waals surface area contributed by atoms with Crippen LogP contribution in [-0.2, 0) is 35.1 Å². The Labute approximate surface area is 150 Å². The van der Waals surface area contributed by atoms with E-state index in [4.69, 9.17) is 9.47 Å². The fraction of sp³-hybridized carbons (Fsp3) is 0.533. The number of hydrogen-bond donors (Lipinski definition) is 2. The van der Waals surface area contributed by atoms with Crippen LogP contribution < -0.4 is 10.0 Å². The zero-order valence-corrected chi connectivity index (χ0v) is 16.0. The molecule has 2 N–H and O–H groups in total. The molecule has 0 bridgehead atoms. The molecule has 0 heterocycles. The molecule has 25 heavy (non-hydrogen) atoms. The lowest BCUT2D eigenvalue weighted by Gasteiger charge is -2.10. The predicted molar refractivity (Wildman–Crippen MR) is 96.5 cm³/mol. The van der Waals surface area contributed by atoms with Crippen molar-refractivity contribution >= 4 is 32.4 Å². The Hall–Kier alpha value is -1.49. The van der Waals surface area contributed by atoms with Gasteiger partial charge in [-0.2, -0.15) is 0 Å². The maximum atomic E-state index is 12.2. The van der Waals surface area contributed by atoms with Gasteiger partial charge in [0.05, 0.1) is 36.4 Å². The number of ether oxygens (including phenoxy) is 2. The molecule has 0 aliphatic carbocycles. The smallest absolute Gasteiger partial charge is 0.235 e. The van der Waals surface area contributed by atoms with E-state index < -0.39 is 20.8 Å². The molecule has 0 spiro atoms. The highest BCUT2D eigenvalue weighted by Crippen LogP contribution is 2.15. The molecule has 10 heteroatoms. The molecule has 0 aliphatic heterocycles. The summed E-state index contributed by atoms with van der Waals surface area (Å²) in [4.78, 5) is 11.9. The second-order valence-corrected chi connectivity index (χ2v) is 8.29. The summed E-state index contributed by atoms with van der Waals surface area (Å²) < 4.78 is 48.5. The van der Waals surface area contributed by atoms with Crippen LogP contribution in [0.25, 0.3) is 0 Å². The van der Waals surface area contributed by atoms with Gasteiger partial charge in [-0.15, -0.1) is 0 Å². The number of anilines is 1. The quantitative estimate of drug-likeness (QED) is 0.496. The first-order chi connectivity index (χ1) is 11.9. The lowest BCUT2D eigenvalue weighted by atomic mass is 10.3. The summed E-state index contributed by atoms with van der Waals surface area (Å²) in [5, 5.41) is 2.57. The van der Waals surface area contributed by atoms with Gasteiger partial charge in [0.1, 0.15) is 5.75 Å². The van der Waals surface area contributed by atoms with Crippen LogP contribution in [0.2, 0.25) is 0 Å². The van der Waals surface area contributed by atoms with E-state index in [-0.39, 0.29) is 24.0 Å². The Morgan fingerprint density at radius 1 is 1.24 bits per heavy atom. The highest BCUT2D eigenvalue weighted by Gasteiger charge is 2.13. The number of rotatable bonds is 12. The van der Waals surface area contributed by atoms with Gasteiger partial charge < -0.3 is 14.8 Å². The maximum absolute atomic E-state index is 12.2. The molecule has 1 amide bonds. The Kier molecular flexibility index (Phi) is 9.65. The molecule has 142 valence electrons. The Balaban J connectivity index is 2.61. The minimum atomic E-state index is -3.59. The summed E-state index contributed by atoms with van der Waals surface area (Å²) in [6.45, 7) is 2.99. The second kappa shape index (κ2) is 11.2. The number of carbonyl (C=O) groups is 1. The van der Waals surface area contributed by atoms with Crippen LogP contribution in [-0.4, -0.2) is 63.5 Å². The summed E-state index contributed by atoms with van der Waals surface area (Å²) in [5.74, 6) is -0.694. The summed E-state index contributed by atoms with van der Waals surface area (Å²) in [7, 11) is -3.61. The number of hydrogen-bond acceptors (Lipinski definition) is 6. The van der Waals surface area contributed by atoms with E-state index in [0.29, 0.717) is 30.3 Å². The molecular formula is C15H24N2O6S2. The number of carbonyl (C=O) groups excluding carboxylic acids is 1. The van der Waals surface area contributed by atoms with Crippen molar-refractivity contribution in [3.05, 3.63) is 24.3 Å². The summed E-state index contributed by atoms with van der Waals surface area (Å²) in [6.07, 6.45) is 0. The van der Waals surface area contributed by atoms with Gasteiger partial charge in [-0.05, 0) is 25.1 Å². The monoisotopic (exact) mass is 392 g/mol. The molecule has 1 unspecified atom stereocenters. The molecule has 8 nitrogen and oxygen atoms in total. The first-order valence-corrected chi connectivity index (χ1v) is 10.7. The summed E-state index contributed by atoms with van der Waals surface area (Å²) in [6, 6.07) is 6.17. The largest absolute Gasteiger partial charge is 0.382 e. The average molecular weight is 392 g/mol. The first kappa shape index (κ1) is 21.6. The van der Waals surface area contributed by atoms with Gasteiger partial charge in [0, 0.05) is 24.2 Å². The topological polar surface area (TPSA) is 111 Å². The fourth-order valence-corrected chi connectivity index (χ4v) is 3.72. The number of benzene rings is 1. The minimum absolute atomic E-state index is 0.0432. The lowest BCUT2D eigenvalue weighted by Crippen LogP contribution is -2.27. The molecule has 1 aromatic carbocycles. The van der Waals surface area contributed by atoms with Crippen molar-refractivity contribution in [2.45, 2.75) is 11.8 Å². The van der Waals surface area contributed by atoms with Crippen molar-refractivity contribution in [3.63, 3.8) is 0 Å². The van der Waals surface area contributed by atoms with Crippen LogP contribution in [0.3, 0.4) is 0 Å². The molecule has 0 saturated carbocycles. The Morgan fingerprint density at radius 3 is 2.68 bits per heavy atom. The van der Waals surface area contributed by atoms with Gasteiger partial charge in [0.15, 0.2) is 0 Å². The first-order valence-electron chi connectivity index (χ1n) is 7.70. The van der Waals surface area contributed by atoms with Crippen molar-refractivity contribution < 1.29 is 26.9 Å². The van der Waals surface area contributed by atoms with E-state index in [1.807, 2.05) is 0 Å². The van der Waals surface area contributed by atoms with E-state index in [1.54, 1.807) is 25.1 Å². The highest BCUT2D eigenvalue weighted by molar-refractivity contribution is 7.92. The van der Waals surface area contributed by atoms with E-state index in [2.05, 4.69) is 10.0 Å². The van der Waals surface area contributed by atoms with E-state index in [0.717, 1.165) is 0 Å². The normalized spacial score (nSPS) is 12.6. The number of methoxy groups -OCH3 is 1. The summed E-state index contributed by atoms with van der Waals surface area (Å²) in [5.41, 5.74) is 0.290. The SMILES string of the molecule is CCNC(=O)CS(=O)c1cccc(NS(=O)(=O)CCOCCOC)c1. The Bertz CT molecular complexity index is 678.